The molecule has 0 fully saturated rings. The van der Waals surface area contributed by atoms with E-state index in [0.29, 0.717) is 48.2 Å². The summed E-state index contributed by atoms with van der Waals surface area (Å²) in [6.07, 6.45) is 1.38. The van der Waals surface area contributed by atoms with E-state index in [4.69, 9.17) is 0 Å². The molecule has 2 aliphatic rings. The van der Waals surface area contributed by atoms with Crippen molar-refractivity contribution in [2.24, 2.45) is 0 Å². The zero-order chi connectivity index (χ0) is 26.2. The zero-order valence-corrected chi connectivity index (χ0v) is 22.1. The monoisotopic (exact) mass is 540 g/mol. The molecule has 38 heavy (non-hydrogen) atoms. The van der Waals surface area contributed by atoms with Crippen molar-refractivity contribution < 1.29 is 19.2 Å². The third kappa shape index (κ3) is 4.18. The van der Waals surface area contributed by atoms with Crippen LogP contribution in [0.2, 0.25) is 0 Å². The third-order valence-electron chi connectivity index (χ3n) is 7.01. The lowest BCUT2D eigenvalue weighted by Gasteiger charge is -2.27. The number of rotatable bonds is 9. The SMILES string of the molecule is O=C1c2cccc3cccc(c23)C(=O)N1CCCSSCCCN1C(=O)c2cccc3cccc(c23)C1=O. The summed E-state index contributed by atoms with van der Waals surface area (Å²) >= 11 is 0. The van der Waals surface area contributed by atoms with Gasteiger partial charge in [0.15, 0.2) is 0 Å². The van der Waals surface area contributed by atoms with Gasteiger partial charge in [0, 0.05) is 57.6 Å². The lowest BCUT2D eigenvalue weighted by atomic mass is 9.94. The van der Waals surface area contributed by atoms with E-state index in [2.05, 4.69) is 0 Å². The molecule has 2 heterocycles. The lowest BCUT2D eigenvalue weighted by molar-refractivity contribution is 0.0595. The minimum atomic E-state index is -0.231. The Morgan fingerprint density at radius 2 is 0.789 bits per heavy atom. The third-order valence-corrected chi connectivity index (χ3v) is 9.59. The van der Waals surface area contributed by atoms with E-state index in [0.717, 1.165) is 33.1 Å². The Morgan fingerprint density at radius 3 is 1.11 bits per heavy atom. The Bertz CT molecular complexity index is 1410. The van der Waals surface area contributed by atoms with E-state index in [1.807, 2.05) is 48.5 Å². The van der Waals surface area contributed by atoms with Crippen molar-refractivity contribution >= 4 is 66.8 Å². The van der Waals surface area contributed by atoms with Crippen LogP contribution in [-0.4, -0.2) is 58.0 Å². The van der Waals surface area contributed by atoms with Gasteiger partial charge in [-0.25, -0.2) is 0 Å². The Morgan fingerprint density at radius 1 is 0.474 bits per heavy atom. The number of hydrogen-bond donors (Lipinski definition) is 0. The number of carbonyl (C=O) groups excluding carboxylic acids is 4. The van der Waals surface area contributed by atoms with Gasteiger partial charge >= 0.3 is 0 Å². The van der Waals surface area contributed by atoms with E-state index >= 15 is 0 Å². The largest absolute Gasteiger partial charge is 0.274 e. The lowest BCUT2D eigenvalue weighted by Crippen LogP contribution is -2.41. The van der Waals surface area contributed by atoms with Gasteiger partial charge in [0.05, 0.1) is 0 Å². The second-order valence-corrected chi connectivity index (χ2v) is 12.0. The fourth-order valence-electron chi connectivity index (χ4n) is 5.25. The summed E-state index contributed by atoms with van der Waals surface area (Å²) in [6, 6.07) is 22.2. The van der Waals surface area contributed by atoms with Gasteiger partial charge in [0.2, 0.25) is 0 Å². The fourth-order valence-corrected chi connectivity index (χ4v) is 7.39. The quantitative estimate of drug-likeness (QED) is 0.146. The van der Waals surface area contributed by atoms with Crippen molar-refractivity contribution in [3.63, 3.8) is 0 Å². The summed E-state index contributed by atoms with van der Waals surface area (Å²) < 4.78 is 0. The molecule has 0 unspecified atom stereocenters. The molecule has 0 atom stereocenters. The fraction of sp³-hybridized carbons (Fsp3) is 0.200. The summed E-state index contributed by atoms with van der Waals surface area (Å²) in [4.78, 5) is 54.7. The molecule has 4 aromatic rings. The molecule has 8 heteroatoms. The van der Waals surface area contributed by atoms with Gasteiger partial charge in [-0.05, 0) is 47.9 Å². The van der Waals surface area contributed by atoms with Crippen molar-refractivity contribution in [1.82, 2.24) is 9.80 Å². The van der Waals surface area contributed by atoms with E-state index in [1.54, 1.807) is 45.9 Å². The van der Waals surface area contributed by atoms with Gasteiger partial charge in [-0.15, -0.1) is 0 Å². The highest BCUT2D eigenvalue weighted by molar-refractivity contribution is 8.76. The minimum absolute atomic E-state index is 0.231. The maximum absolute atomic E-state index is 13.0. The molecular formula is C30H24N2O4S2. The molecular weight excluding hydrogens is 516 g/mol. The Balaban J connectivity index is 0.973. The topological polar surface area (TPSA) is 74.8 Å². The van der Waals surface area contributed by atoms with Crippen molar-refractivity contribution in [3.8, 4) is 0 Å². The summed E-state index contributed by atoms with van der Waals surface area (Å²) in [7, 11) is 3.35. The van der Waals surface area contributed by atoms with Gasteiger partial charge in [-0.3, -0.25) is 29.0 Å². The summed E-state index contributed by atoms with van der Waals surface area (Å²) in [5, 5.41) is 3.30. The van der Waals surface area contributed by atoms with Crippen molar-refractivity contribution in [2.75, 3.05) is 24.6 Å². The van der Waals surface area contributed by atoms with Crippen molar-refractivity contribution in [1.29, 1.82) is 0 Å². The summed E-state index contributed by atoms with van der Waals surface area (Å²) in [5.41, 5.74) is 2.33. The molecule has 2 aliphatic heterocycles. The first-order valence-electron chi connectivity index (χ1n) is 12.6. The summed E-state index contributed by atoms with van der Waals surface area (Å²) in [6.45, 7) is 0.745. The van der Waals surface area contributed by atoms with Crippen LogP contribution in [0.25, 0.3) is 21.5 Å². The van der Waals surface area contributed by atoms with Gasteiger partial charge in [-0.2, -0.15) is 0 Å². The predicted octanol–water partition coefficient (Wildman–Crippen LogP) is 6.05. The Kier molecular flexibility index (Phi) is 6.68. The average Bonchev–Trinajstić information content (AvgIpc) is 2.94. The maximum atomic E-state index is 13.0. The first kappa shape index (κ1) is 24.7. The van der Waals surface area contributed by atoms with E-state index in [-0.39, 0.29) is 23.6 Å². The normalized spacial score (nSPS) is 14.7. The number of imide groups is 2. The molecule has 0 N–H and O–H groups in total. The number of nitrogens with zero attached hydrogens (tertiary/aromatic N) is 2. The highest BCUT2D eigenvalue weighted by atomic mass is 33.1. The van der Waals surface area contributed by atoms with Crippen LogP contribution in [0.3, 0.4) is 0 Å². The smallest absolute Gasteiger partial charge is 0.261 e. The molecule has 190 valence electrons. The van der Waals surface area contributed by atoms with Gasteiger partial charge in [0.1, 0.15) is 0 Å². The Labute approximate surface area is 227 Å². The van der Waals surface area contributed by atoms with Crippen molar-refractivity contribution in [2.45, 2.75) is 12.8 Å². The number of hydrogen-bond acceptors (Lipinski definition) is 6. The standard InChI is InChI=1S/C30H24N2O4S2/c33-27-21-11-1-7-19-8-2-12-22(25(19)21)28(34)31(27)15-5-17-37-38-18-6-16-32-29(35)23-13-3-9-20-10-4-14-24(26(20)23)30(32)36/h1-4,7-14H,5-6,15-18H2. The number of amides is 4. The molecule has 0 aromatic heterocycles. The van der Waals surface area contributed by atoms with Gasteiger partial charge < -0.3 is 0 Å². The van der Waals surface area contributed by atoms with Crippen LogP contribution in [0.1, 0.15) is 54.3 Å². The van der Waals surface area contributed by atoms with E-state index < -0.39 is 0 Å². The molecule has 0 spiro atoms. The molecule has 4 aromatic carbocycles. The van der Waals surface area contributed by atoms with Crippen LogP contribution in [0.5, 0.6) is 0 Å². The molecule has 4 amide bonds. The van der Waals surface area contributed by atoms with Crippen LogP contribution >= 0.6 is 21.6 Å². The molecule has 0 radical (unpaired) electrons. The minimum Gasteiger partial charge on any atom is -0.274 e. The van der Waals surface area contributed by atoms with Crippen molar-refractivity contribution in [3.05, 3.63) is 95.1 Å². The molecule has 0 saturated heterocycles. The Hall–Kier alpha value is -3.62. The van der Waals surface area contributed by atoms with Gasteiger partial charge in [-0.1, -0.05) is 70.1 Å². The number of benzene rings is 4. The highest BCUT2D eigenvalue weighted by Gasteiger charge is 2.33. The average molecular weight is 541 g/mol. The molecule has 6 nitrogen and oxygen atoms in total. The van der Waals surface area contributed by atoms with Crippen LogP contribution < -0.4 is 0 Å². The number of carbonyl (C=O) groups is 4. The predicted molar refractivity (Wildman–Crippen MR) is 153 cm³/mol. The van der Waals surface area contributed by atoms with Crippen LogP contribution in [0.15, 0.2) is 72.8 Å². The van der Waals surface area contributed by atoms with E-state index in [1.165, 1.54) is 9.80 Å². The highest BCUT2D eigenvalue weighted by Crippen LogP contribution is 2.32. The van der Waals surface area contributed by atoms with Crippen LogP contribution in [0.4, 0.5) is 0 Å². The van der Waals surface area contributed by atoms with E-state index in [9.17, 15) is 19.2 Å². The molecule has 6 rings (SSSR count). The van der Waals surface area contributed by atoms with Crippen LogP contribution in [-0.2, 0) is 0 Å². The maximum Gasteiger partial charge on any atom is 0.261 e. The second kappa shape index (κ2) is 10.3. The molecule has 0 saturated carbocycles. The molecule has 0 bridgehead atoms. The zero-order valence-electron chi connectivity index (χ0n) is 20.5. The van der Waals surface area contributed by atoms with Gasteiger partial charge in [0.25, 0.3) is 23.6 Å². The first-order chi connectivity index (χ1) is 18.6. The summed E-state index contributed by atoms with van der Waals surface area (Å²) in [5.74, 6) is 0.639. The second-order valence-electron chi connectivity index (χ2n) is 9.29. The van der Waals surface area contributed by atoms with Crippen LogP contribution in [0, 0.1) is 0 Å². The first-order valence-corrected chi connectivity index (χ1v) is 15.1. The molecule has 0 aliphatic carbocycles.